The molecule has 0 heterocycles. The minimum Gasteiger partial charge on any atom is -0.445 e. The van der Waals surface area contributed by atoms with Gasteiger partial charge in [-0.15, -0.1) is 12.4 Å². The van der Waals surface area contributed by atoms with Crippen molar-refractivity contribution in [3.63, 3.8) is 0 Å². The molecular formula is C26H30ClN3O3. The number of amides is 2. The largest absolute Gasteiger partial charge is 0.445 e. The SMILES string of the molecule is Cl.N[C@@H](Cc1ccccc1)C(=O)N[C@@H](CNC(=O)OCc1ccccc1)Cc1ccccc1. The van der Waals surface area contributed by atoms with Crippen molar-refractivity contribution < 1.29 is 14.3 Å². The first-order valence-electron chi connectivity index (χ1n) is 10.7. The summed E-state index contributed by atoms with van der Waals surface area (Å²) in [5.41, 5.74) is 9.09. The standard InChI is InChI=1S/C26H29N3O3.ClH/c27-24(17-21-12-6-2-7-13-21)25(30)29-23(16-20-10-4-1-5-11-20)18-28-26(31)32-19-22-14-8-3-9-15-22;/h1-15,23-24H,16-19,27H2,(H,28,31)(H,29,30);1H/t23-,24+;/m1./s1. The Morgan fingerprint density at radius 1 is 0.758 bits per heavy atom. The van der Waals surface area contributed by atoms with Crippen molar-refractivity contribution >= 4 is 24.4 Å². The van der Waals surface area contributed by atoms with Crippen LogP contribution in [0.1, 0.15) is 16.7 Å². The van der Waals surface area contributed by atoms with E-state index >= 15 is 0 Å². The summed E-state index contributed by atoms with van der Waals surface area (Å²) in [5.74, 6) is -0.255. The monoisotopic (exact) mass is 467 g/mol. The summed E-state index contributed by atoms with van der Waals surface area (Å²) >= 11 is 0. The van der Waals surface area contributed by atoms with Crippen molar-refractivity contribution in [3.05, 3.63) is 108 Å². The normalized spacial score (nSPS) is 12.0. The molecule has 0 unspecified atom stereocenters. The zero-order valence-electron chi connectivity index (χ0n) is 18.4. The maximum Gasteiger partial charge on any atom is 0.407 e. The summed E-state index contributed by atoms with van der Waals surface area (Å²) in [5, 5.41) is 5.73. The second kappa shape index (κ2) is 13.9. The summed E-state index contributed by atoms with van der Waals surface area (Å²) in [4.78, 5) is 24.9. The number of carbonyl (C=O) groups excluding carboxylic acids is 2. The molecule has 0 spiro atoms. The highest BCUT2D eigenvalue weighted by molar-refractivity contribution is 5.85. The van der Waals surface area contributed by atoms with Gasteiger partial charge in [-0.25, -0.2) is 4.79 Å². The Kier molecular flexibility index (Phi) is 10.9. The first-order chi connectivity index (χ1) is 15.6. The number of alkyl carbamates (subject to hydrolysis) is 1. The van der Waals surface area contributed by atoms with Crippen LogP contribution in [0.15, 0.2) is 91.0 Å². The van der Waals surface area contributed by atoms with Crippen molar-refractivity contribution in [1.29, 1.82) is 0 Å². The van der Waals surface area contributed by atoms with E-state index in [9.17, 15) is 9.59 Å². The molecule has 0 aliphatic heterocycles. The Morgan fingerprint density at radius 2 is 1.24 bits per heavy atom. The van der Waals surface area contributed by atoms with E-state index in [4.69, 9.17) is 10.5 Å². The summed E-state index contributed by atoms with van der Waals surface area (Å²) in [6.07, 6.45) is 0.468. The van der Waals surface area contributed by atoms with Crippen LogP contribution in [-0.4, -0.2) is 30.6 Å². The lowest BCUT2D eigenvalue weighted by Gasteiger charge is -2.22. The van der Waals surface area contributed by atoms with Crippen LogP contribution in [0.5, 0.6) is 0 Å². The fourth-order valence-corrected chi connectivity index (χ4v) is 3.32. The van der Waals surface area contributed by atoms with Crippen LogP contribution in [0.4, 0.5) is 4.79 Å². The number of carbonyl (C=O) groups is 2. The second-order valence-corrected chi connectivity index (χ2v) is 7.63. The molecule has 0 saturated carbocycles. The van der Waals surface area contributed by atoms with E-state index in [1.54, 1.807) is 0 Å². The number of hydrogen-bond donors (Lipinski definition) is 3. The summed E-state index contributed by atoms with van der Waals surface area (Å²) in [7, 11) is 0. The van der Waals surface area contributed by atoms with E-state index in [-0.39, 0.29) is 37.5 Å². The molecule has 2 atom stereocenters. The highest BCUT2D eigenvalue weighted by Gasteiger charge is 2.20. The van der Waals surface area contributed by atoms with Gasteiger partial charge in [-0.2, -0.15) is 0 Å². The predicted octanol–water partition coefficient (Wildman–Crippen LogP) is 3.63. The van der Waals surface area contributed by atoms with Crippen LogP contribution in [0.3, 0.4) is 0 Å². The van der Waals surface area contributed by atoms with Gasteiger partial charge in [-0.05, 0) is 29.5 Å². The Bertz CT molecular complexity index is 972. The highest BCUT2D eigenvalue weighted by Crippen LogP contribution is 2.06. The molecule has 0 radical (unpaired) electrons. The van der Waals surface area contributed by atoms with Gasteiger partial charge in [0.25, 0.3) is 0 Å². The highest BCUT2D eigenvalue weighted by atomic mass is 35.5. The molecule has 33 heavy (non-hydrogen) atoms. The van der Waals surface area contributed by atoms with Gasteiger partial charge in [-0.1, -0.05) is 91.0 Å². The maximum atomic E-state index is 12.7. The van der Waals surface area contributed by atoms with Crippen molar-refractivity contribution in [2.45, 2.75) is 31.5 Å². The number of nitrogens with two attached hydrogens (primary N) is 1. The third-order valence-corrected chi connectivity index (χ3v) is 5.01. The molecule has 0 saturated heterocycles. The predicted molar refractivity (Wildman–Crippen MR) is 132 cm³/mol. The number of halogens is 1. The lowest BCUT2D eigenvalue weighted by atomic mass is 10.0. The van der Waals surface area contributed by atoms with Gasteiger partial charge in [-0.3, -0.25) is 4.79 Å². The fourth-order valence-electron chi connectivity index (χ4n) is 3.32. The van der Waals surface area contributed by atoms with E-state index in [0.717, 1.165) is 16.7 Å². The van der Waals surface area contributed by atoms with Gasteiger partial charge in [0.15, 0.2) is 0 Å². The summed E-state index contributed by atoms with van der Waals surface area (Å²) < 4.78 is 5.27. The fraction of sp³-hybridized carbons (Fsp3) is 0.231. The van der Waals surface area contributed by atoms with Gasteiger partial charge >= 0.3 is 6.09 Å². The molecule has 0 bridgehead atoms. The molecule has 3 rings (SSSR count). The van der Waals surface area contributed by atoms with Gasteiger partial charge in [0.05, 0.1) is 12.1 Å². The van der Waals surface area contributed by atoms with Gasteiger partial charge in [0.2, 0.25) is 5.91 Å². The number of hydrogen-bond acceptors (Lipinski definition) is 4. The maximum absolute atomic E-state index is 12.7. The lowest BCUT2D eigenvalue weighted by Crippen LogP contribution is -2.51. The molecule has 0 aliphatic rings. The summed E-state index contributed by atoms with van der Waals surface area (Å²) in [6.45, 7) is 0.413. The molecule has 6 nitrogen and oxygen atoms in total. The first-order valence-corrected chi connectivity index (χ1v) is 10.7. The Labute approximate surface area is 200 Å². The molecule has 0 aliphatic carbocycles. The van der Waals surface area contributed by atoms with E-state index in [1.807, 2.05) is 91.0 Å². The summed E-state index contributed by atoms with van der Waals surface area (Å²) in [6, 6.07) is 27.9. The topological polar surface area (TPSA) is 93.5 Å². The average molecular weight is 468 g/mol. The Balaban J connectivity index is 0.00000385. The molecule has 0 fully saturated rings. The Hall–Kier alpha value is -3.35. The van der Waals surface area contributed by atoms with Crippen molar-refractivity contribution in [2.24, 2.45) is 5.73 Å². The van der Waals surface area contributed by atoms with Crippen molar-refractivity contribution in [3.8, 4) is 0 Å². The van der Waals surface area contributed by atoms with E-state index in [1.165, 1.54) is 0 Å². The quantitative estimate of drug-likeness (QED) is 0.424. The number of nitrogens with one attached hydrogen (secondary N) is 2. The molecule has 3 aromatic carbocycles. The molecular weight excluding hydrogens is 438 g/mol. The van der Waals surface area contributed by atoms with Crippen LogP contribution in [0.25, 0.3) is 0 Å². The average Bonchev–Trinajstić information content (AvgIpc) is 2.83. The van der Waals surface area contributed by atoms with Gasteiger partial charge in [0.1, 0.15) is 6.61 Å². The van der Waals surface area contributed by atoms with Crippen molar-refractivity contribution in [1.82, 2.24) is 10.6 Å². The molecule has 0 aromatic heterocycles. The van der Waals surface area contributed by atoms with E-state index in [0.29, 0.717) is 12.8 Å². The van der Waals surface area contributed by atoms with Gasteiger partial charge in [0, 0.05) is 6.54 Å². The van der Waals surface area contributed by atoms with Crippen molar-refractivity contribution in [2.75, 3.05) is 6.54 Å². The first kappa shape index (κ1) is 25.9. The number of rotatable bonds is 10. The van der Waals surface area contributed by atoms with Crippen LogP contribution in [0.2, 0.25) is 0 Å². The molecule has 174 valence electrons. The second-order valence-electron chi connectivity index (χ2n) is 7.63. The van der Waals surface area contributed by atoms with Gasteiger partial charge < -0.3 is 21.1 Å². The van der Waals surface area contributed by atoms with Crippen LogP contribution in [-0.2, 0) is 29.0 Å². The number of ether oxygens (including phenoxy) is 1. The number of benzene rings is 3. The molecule has 2 amide bonds. The zero-order chi connectivity index (χ0) is 22.6. The van der Waals surface area contributed by atoms with Crippen LogP contribution >= 0.6 is 12.4 Å². The lowest BCUT2D eigenvalue weighted by molar-refractivity contribution is -0.123. The molecule has 4 N–H and O–H groups in total. The van der Waals surface area contributed by atoms with Crippen LogP contribution in [0, 0.1) is 0 Å². The third kappa shape index (κ3) is 9.35. The third-order valence-electron chi connectivity index (χ3n) is 5.01. The van der Waals surface area contributed by atoms with Crippen LogP contribution < -0.4 is 16.4 Å². The minimum atomic E-state index is -0.680. The van der Waals surface area contributed by atoms with E-state index in [2.05, 4.69) is 10.6 Å². The smallest absolute Gasteiger partial charge is 0.407 e. The molecule has 7 heteroatoms. The Morgan fingerprint density at radius 3 is 1.79 bits per heavy atom. The van der Waals surface area contributed by atoms with E-state index < -0.39 is 12.1 Å². The minimum absolute atomic E-state index is 0. The molecule has 3 aromatic rings. The zero-order valence-corrected chi connectivity index (χ0v) is 19.2.